The van der Waals surface area contributed by atoms with E-state index in [0.29, 0.717) is 0 Å². The van der Waals surface area contributed by atoms with Crippen molar-refractivity contribution >= 4 is 11.8 Å². The largest absolute Gasteiger partial charge is 0.327 e. The summed E-state index contributed by atoms with van der Waals surface area (Å²) in [5.41, 5.74) is 8.60. The lowest BCUT2D eigenvalue weighted by Gasteiger charge is -2.21. The zero-order valence-corrected chi connectivity index (χ0v) is 13.0. The lowest BCUT2D eigenvalue weighted by Crippen LogP contribution is -2.21. The Labute approximate surface area is 121 Å². The van der Waals surface area contributed by atoms with Crippen molar-refractivity contribution in [2.24, 2.45) is 5.73 Å². The van der Waals surface area contributed by atoms with Gasteiger partial charge in [0.25, 0.3) is 0 Å². The normalized spacial score (nSPS) is 18.5. The van der Waals surface area contributed by atoms with Gasteiger partial charge in [-0.25, -0.2) is 4.98 Å². The Hall–Kier alpha value is -0.540. The third kappa shape index (κ3) is 4.50. The smallest absolute Gasteiger partial charge is 0.0991 e. The molecule has 1 fully saturated rings. The van der Waals surface area contributed by atoms with Crippen LogP contribution in [0.25, 0.3) is 0 Å². The molecule has 1 aliphatic carbocycles. The molecule has 3 heteroatoms. The monoisotopic (exact) mass is 278 g/mol. The van der Waals surface area contributed by atoms with E-state index in [1.54, 1.807) is 0 Å². The van der Waals surface area contributed by atoms with E-state index in [4.69, 9.17) is 5.73 Å². The molecule has 2 nitrogen and oxygen atoms in total. The van der Waals surface area contributed by atoms with Crippen molar-refractivity contribution in [2.75, 3.05) is 0 Å². The number of hydrogen-bond donors (Lipinski definition) is 1. The minimum absolute atomic E-state index is 0.262. The van der Waals surface area contributed by atoms with E-state index in [0.717, 1.165) is 18.1 Å². The summed E-state index contributed by atoms with van der Waals surface area (Å²) >= 11 is 1.98. The molecule has 0 saturated heterocycles. The summed E-state index contributed by atoms with van der Waals surface area (Å²) in [7, 11) is 0. The minimum atomic E-state index is 0.262. The number of nitrogens with two attached hydrogens (primary N) is 1. The molecule has 0 aromatic carbocycles. The van der Waals surface area contributed by atoms with Crippen molar-refractivity contribution in [3.8, 4) is 0 Å². The second-order valence-corrected chi connectivity index (χ2v) is 7.01. The second-order valence-electron chi connectivity index (χ2n) is 5.72. The molecule has 1 aromatic rings. The van der Waals surface area contributed by atoms with Gasteiger partial charge < -0.3 is 5.73 Å². The number of nitrogens with zero attached hydrogens (tertiary/aromatic N) is 1. The van der Waals surface area contributed by atoms with Gasteiger partial charge in [0.2, 0.25) is 0 Å². The molecule has 0 aliphatic heterocycles. The third-order valence-electron chi connectivity index (χ3n) is 3.94. The van der Waals surface area contributed by atoms with E-state index < -0.39 is 0 Å². The van der Waals surface area contributed by atoms with Crippen LogP contribution < -0.4 is 5.73 Å². The molecule has 0 radical (unpaired) electrons. The quantitative estimate of drug-likeness (QED) is 0.881. The molecule has 1 aromatic heterocycles. The van der Waals surface area contributed by atoms with E-state index in [2.05, 4.69) is 24.9 Å². The maximum atomic E-state index is 6.01. The van der Waals surface area contributed by atoms with Crippen LogP contribution in [0, 0.1) is 6.92 Å². The lowest BCUT2D eigenvalue weighted by molar-refractivity contribution is 0.515. The van der Waals surface area contributed by atoms with Crippen LogP contribution in [0.3, 0.4) is 0 Å². The van der Waals surface area contributed by atoms with Crippen LogP contribution in [0.4, 0.5) is 0 Å². The van der Waals surface area contributed by atoms with Crippen LogP contribution in [-0.2, 0) is 6.42 Å². The van der Waals surface area contributed by atoms with Crippen molar-refractivity contribution in [3.63, 3.8) is 0 Å². The fraction of sp³-hybridized carbons (Fsp3) is 0.688. The van der Waals surface area contributed by atoms with Gasteiger partial charge in [-0.1, -0.05) is 32.3 Å². The van der Waals surface area contributed by atoms with Gasteiger partial charge in [-0.2, -0.15) is 0 Å². The van der Waals surface area contributed by atoms with Crippen molar-refractivity contribution in [2.45, 2.75) is 75.1 Å². The summed E-state index contributed by atoms with van der Waals surface area (Å²) in [6.07, 6.45) is 10.9. The average Bonchev–Trinajstić information content (AvgIpc) is 2.43. The summed E-state index contributed by atoms with van der Waals surface area (Å²) in [5, 5.41) is 2.00. The summed E-state index contributed by atoms with van der Waals surface area (Å²) in [6, 6.07) is 2.53. The standard InChI is InChI=1S/C16H26N2S/c1-3-14(17)10-13-9-12(2)16(18-11-13)19-15-7-5-4-6-8-15/h9,11,14-15H,3-8,10,17H2,1-2H3. The van der Waals surface area contributed by atoms with Crippen LogP contribution in [0.1, 0.15) is 56.6 Å². The maximum absolute atomic E-state index is 6.01. The first-order valence-electron chi connectivity index (χ1n) is 7.56. The number of hydrogen-bond acceptors (Lipinski definition) is 3. The number of pyridine rings is 1. The first kappa shape index (κ1) is 14.9. The first-order chi connectivity index (χ1) is 9.19. The van der Waals surface area contributed by atoms with E-state index in [1.165, 1.54) is 48.3 Å². The van der Waals surface area contributed by atoms with Crippen molar-refractivity contribution < 1.29 is 0 Å². The van der Waals surface area contributed by atoms with Gasteiger partial charge in [-0.05, 0) is 43.7 Å². The molecule has 19 heavy (non-hydrogen) atoms. The van der Waals surface area contributed by atoms with E-state index in [9.17, 15) is 0 Å². The first-order valence-corrected chi connectivity index (χ1v) is 8.44. The van der Waals surface area contributed by atoms with E-state index in [-0.39, 0.29) is 6.04 Å². The number of thioether (sulfide) groups is 1. The van der Waals surface area contributed by atoms with E-state index >= 15 is 0 Å². The molecule has 1 saturated carbocycles. The Morgan fingerprint density at radius 1 is 1.37 bits per heavy atom. The SMILES string of the molecule is CCC(N)Cc1cnc(SC2CCCCC2)c(C)c1. The molecule has 106 valence electrons. The Bertz CT molecular complexity index is 400. The fourth-order valence-corrected chi connectivity index (χ4v) is 3.89. The number of aromatic nitrogens is 1. The van der Waals surface area contributed by atoms with Crippen molar-refractivity contribution in [3.05, 3.63) is 23.4 Å². The maximum Gasteiger partial charge on any atom is 0.0991 e. The highest BCUT2D eigenvalue weighted by atomic mass is 32.2. The molecule has 1 unspecified atom stereocenters. The minimum Gasteiger partial charge on any atom is -0.327 e. The average molecular weight is 278 g/mol. The Morgan fingerprint density at radius 2 is 2.11 bits per heavy atom. The van der Waals surface area contributed by atoms with Gasteiger partial charge >= 0.3 is 0 Å². The van der Waals surface area contributed by atoms with Crippen molar-refractivity contribution in [1.29, 1.82) is 0 Å². The summed E-state index contributed by atoms with van der Waals surface area (Å²) in [6.45, 7) is 4.32. The van der Waals surface area contributed by atoms with Gasteiger partial charge in [-0.3, -0.25) is 0 Å². The van der Waals surface area contributed by atoms with Crippen LogP contribution >= 0.6 is 11.8 Å². The summed E-state index contributed by atoms with van der Waals surface area (Å²) in [4.78, 5) is 4.67. The zero-order chi connectivity index (χ0) is 13.7. The summed E-state index contributed by atoms with van der Waals surface area (Å²) in [5.74, 6) is 0. The molecular weight excluding hydrogens is 252 g/mol. The molecule has 2 N–H and O–H groups in total. The molecule has 1 aliphatic rings. The Morgan fingerprint density at radius 3 is 2.74 bits per heavy atom. The molecular formula is C16H26N2S. The highest BCUT2D eigenvalue weighted by Gasteiger charge is 2.16. The predicted molar refractivity (Wildman–Crippen MR) is 83.7 cm³/mol. The van der Waals surface area contributed by atoms with Gasteiger partial charge in [0.05, 0.1) is 5.03 Å². The van der Waals surface area contributed by atoms with Crippen LogP contribution in [-0.4, -0.2) is 16.3 Å². The third-order valence-corrected chi connectivity index (χ3v) is 5.40. The Kier molecular flexibility index (Phi) is 5.71. The fourth-order valence-electron chi connectivity index (χ4n) is 2.64. The van der Waals surface area contributed by atoms with Crippen molar-refractivity contribution in [1.82, 2.24) is 4.98 Å². The van der Waals surface area contributed by atoms with Gasteiger partial charge in [0, 0.05) is 17.5 Å². The Balaban J connectivity index is 1.98. The second kappa shape index (κ2) is 7.30. The van der Waals surface area contributed by atoms with Crippen LogP contribution in [0.5, 0.6) is 0 Å². The highest BCUT2D eigenvalue weighted by molar-refractivity contribution is 7.99. The van der Waals surface area contributed by atoms with Gasteiger partial charge in [0.1, 0.15) is 0 Å². The van der Waals surface area contributed by atoms with Crippen LogP contribution in [0.15, 0.2) is 17.3 Å². The highest BCUT2D eigenvalue weighted by Crippen LogP contribution is 2.34. The van der Waals surface area contributed by atoms with E-state index in [1.807, 2.05) is 18.0 Å². The lowest BCUT2D eigenvalue weighted by atomic mass is 10.0. The molecule has 0 amide bonds. The zero-order valence-electron chi connectivity index (χ0n) is 12.2. The van der Waals surface area contributed by atoms with Gasteiger partial charge in [0.15, 0.2) is 0 Å². The molecule has 0 spiro atoms. The molecule has 1 heterocycles. The number of rotatable bonds is 5. The molecule has 0 bridgehead atoms. The van der Waals surface area contributed by atoms with Crippen LogP contribution in [0.2, 0.25) is 0 Å². The topological polar surface area (TPSA) is 38.9 Å². The molecule has 1 atom stereocenters. The predicted octanol–water partition coefficient (Wildman–Crippen LogP) is 4.09. The number of aryl methyl sites for hydroxylation is 1. The summed E-state index contributed by atoms with van der Waals surface area (Å²) < 4.78 is 0. The van der Waals surface area contributed by atoms with Gasteiger partial charge in [-0.15, -0.1) is 11.8 Å². The molecule has 2 rings (SSSR count).